The largest absolute Gasteiger partial charge is 0.465 e. The van der Waals surface area contributed by atoms with E-state index in [0.717, 1.165) is 51.4 Å². The smallest absolute Gasteiger partial charge is 0.302 e. The molecule has 0 aromatic rings. The SMILES string of the molecule is CC(=O)OC[C@]12CC[C@H]3[C@@H](CC[C@H]4CC(=O)CC[C@@]43C)[C@@H]1CC[C@@H]2C(C)=O. The number of Topliss-reactive ketones (excluding diaryl/α,β-unsaturated/α-hetero) is 2. The molecule has 0 spiro atoms. The third-order valence-corrected chi connectivity index (χ3v) is 9.23. The van der Waals surface area contributed by atoms with Gasteiger partial charge in [-0.15, -0.1) is 0 Å². The fourth-order valence-electron chi connectivity index (χ4n) is 7.98. The summed E-state index contributed by atoms with van der Waals surface area (Å²) in [4.78, 5) is 36.1. The normalized spacial score (nSPS) is 46.2. The fraction of sp³-hybridized carbons (Fsp3) is 0.870. The zero-order chi connectivity index (χ0) is 19.4. The fourth-order valence-corrected chi connectivity index (χ4v) is 7.98. The van der Waals surface area contributed by atoms with Gasteiger partial charge in [0, 0.05) is 31.1 Å². The maximum atomic E-state index is 12.5. The Labute approximate surface area is 162 Å². The molecule has 4 heteroatoms. The molecule has 4 nitrogen and oxygen atoms in total. The van der Waals surface area contributed by atoms with Gasteiger partial charge in [-0.05, 0) is 81.0 Å². The van der Waals surface area contributed by atoms with Crippen molar-refractivity contribution in [3.8, 4) is 0 Å². The number of esters is 1. The molecule has 0 N–H and O–H groups in total. The van der Waals surface area contributed by atoms with Crippen LogP contribution in [0.1, 0.15) is 78.6 Å². The molecule has 0 amide bonds. The van der Waals surface area contributed by atoms with Gasteiger partial charge in [0.2, 0.25) is 0 Å². The molecule has 4 saturated carbocycles. The van der Waals surface area contributed by atoms with E-state index in [9.17, 15) is 14.4 Å². The van der Waals surface area contributed by atoms with Crippen LogP contribution in [0.3, 0.4) is 0 Å². The zero-order valence-corrected chi connectivity index (χ0v) is 17.1. The second kappa shape index (κ2) is 6.70. The van der Waals surface area contributed by atoms with Gasteiger partial charge >= 0.3 is 5.97 Å². The molecule has 4 aliphatic rings. The van der Waals surface area contributed by atoms with Crippen LogP contribution in [-0.4, -0.2) is 24.1 Å². The van der Waals surface area contributed by atoms with E-state index in [2.05, 4.69) is 6.92 Å². The summed E-state index contributed by atoms with van der Waals surface area (Å²) in [6, 6.07) is 0. The van der Waals surface area contributed by atoms with Crippen molar-refractivity contribution in [2.45, 2.75) is 78.6 Å². The molecule has 0 aromatic carbocycles. The second-order valence-electron chi connectivity index (χ2n) is 10.2. The summed E-state index contributed by atoms with van der Waals surface area (Å²) in [6.07, 6.45) is 9.03. The topological polar surface area (TPSA) is 60.4 Å². The molecule has 0 saturated heterocycles. The summed E-state index contributed by atoms with van der Waals surface area (Å²) in [5.41, 5.74) is 0.130. The number of rotatable bonds is 3. The van der Waals surface area contributed by atoms with Crippen molar-refractivity contribution in [3.63, 3.8) is 0 Å². The van der Waals surface area contributed by atoms with Crippen LogP contribution in [0.25, 0.3) is 0 Å². The lowest BCUT2D eigenvalue weighted by atomic mass is 9.44. The van der Waals surface area contributed by atoms with Gasteiger partial charge < -0.3 is 4.74 Å². The number of ether oxygens (including phenoxy) is 1. The van der Waals surface area contributed by atoms with E-state index in [4.69, 9.17) is 4.74 Å². The van der Waals surface area contributed by atoms with E-state index >= 15 is 0 Å². The average Bonchev–Trinajstić information content (AvgIpc) is 3.00. The molecule has 27 heavy (non-hydrogen) atoms. The van der Waals surface area contributed by atoms with Crippen molar-refractivity contribution >= 4 is 17.5 Å². The summed E-state index contributed by atoms with van der Waals surface area (Å²) in [5.74, 6) is 2.84. The molecule has 0 aliphatic heterocycles. The maximum Gasteiger partial charge on any atom is 0.302 e. The van der Waals surface area contributed by atoms with Crippen LogP contribution >= 0.6 is 0 Å². The first-order chi connectivity index (χ1) is 12.8. The van der Waals surface area contributed by atoms with Gasteiger partial charge in [-0.3, -0.25) is 14.4 Å². The van der Waals surface area contributed by atoms with Crippen LogP contribution < -0.4 is 0 Å². The molecule has 7 atom stereocenters. The van der Waals surface area contributed by atoms with Crippen molar-refractivity contribution in [2.24, 2.45) is 40.4 Å². The Morgan fingerprint density at radius 1 is 1.04 bits per heavy atom. The molecule has 0 radical (unpaired) electrons. The highest BCUT2D eigenvalue weighted by Gasteiger charge is 2.62. The minimum absolute atomic E-state index is 0.0428. The molecular formula is C23H34O4. The number of hydrogen-bond acceptors (Lipinski definition) is 4. The molecule has 4 aliphatic carbocycles. The molecule has 0 aromatic heterocycles. The third-order valence-electron chi connectivity index (χ3n) is 9.23. The van der Waals surface area contributed by atoms with Crippen LogP contribution in [0.15, 0.2) is 0 Å². The Hall–Kier alpha value is -1.19. The minimum atomic E-state index is -0.235. The second-order valence-corrected chi connectivity index (χ2v) is 10.2. The Kier molecular flexibility index (Phi) is 4.75. The van der Waals surface area contributed by atoms with Crippen LogP contribution in [0.2, 0.25) is 0 Å². The Morgan fingerprint density at radius 3 is 2.52 bits per heavy atom. The van der Waals surface area contributed by atoms with Gasteiger partial charge in [0.15, 0.2) is 0 Å². The zero-order valence-electron chi connectivity index (χ0n) is 17.1. The van der Waals surface area contributed by atoms with Crippen molar-refractivity contribution in [1.29, 1.82) is 0 Å². The number of ketones is 2. The Balaban J connectivity index is 1.64. The predicted octanol–water partition coefficient (Wildman–Crippen LogP) is 4.35. The van der Waals surface area contributed by atoms with Gasteiger partial charge in [-0.1, -0.05) is 6.92 Å². The van der Waals surface area contributed by atoms with E-state index in [1.165, 1.54) is 13.3 Å². The molecular weight excluding hydrogens is 340 g/mol. The number of carbonyl (C=O) groups excluding carboxylic acids is 3. The van der Waals surface area contributed by atoms with Gasteiger partial charge in [0.05, 0.1) is 6.61 Å². The quantitative estimate of drug-likeness (QED) is 0.689. The molecule has 4 fully saturated rings. The molecule has 0 unspecified atom stereocenters. The number of hydrogen-bond donors (Lipinski definition) is 0. The lowest BCUT2D eigenvalue weighted by Crippen LogP contribution is -2.55. The first-order valence-electron chi connectivity index (χ1n) is 10.9. The average molecular weight is 375 g/mol. The number of fused-ring (bicyclic) bond motifs is 5. The van der Waals surface area contributed by atoms with E-state index in [1.54, 1.807) is 6.92 Å². The summed E-state index contributed by atoms with van der Waals surface area (Å²) >= 11 is 0. The molecule has 0 heterocycles. The monoisotopic (exact) mass is 374 g/mol. The van der Waals surface area contributed by atoms with Crippen molar-refractivity contribution in [1.82, 2.24) is 0 Å². The van der Waals surface area contributed by atoms with Gasteiger partial charge in [0.25, 0.3) is 0 Å². The minimum Gasteiger partial charge on any atom is -0.465 e. The molecule has 150 valence electrons. The van der Waals surface area contributed by atoms with Crippen molar-refractivity contribution < 1.29 is 19.1 Å². The van der Waals surface area contributed by atoms with Gasteiger partial charge in [-0.2, -0.15) is 0 Å². The van der Waals surface area contributed by atoms with Crippen LogP contribution in [-0.2, 0) is 19.1 Å². The third kappa shape index (κ3) is 2.89. The van der Waals surface area contributed by atoms with Gasteiger partial charge in [0.1, 0.15) is 11.6 Å². The van der Waals surface area contributed by atoms with Gasteiger partial charge in [-0.25, -0.2) is 0 Å². The van der Waals surface area contributed by atoms with E-state index < -0.39 is 0 Å². The van der Waals surface area contributed by atoms with Crippen molar-refractivity contribution in [3.05, 3.63) is 0 Å². The van der Waals surface area contributed by atoms with E-state index in [1.807, 2.05) is 0 Å². The van der Waals surface area contributed by atoms with E-state index in [0.29, 0.717) is 36.1 Å². The van der Waals surface area contributed by atoms with Crippen LogP contribution in [0.5, 0.6) is 0 Å². The predicted molar refractivity (Wildman–Crippen MR) is 102 cm³/mol. The summed E-state index contributed by atoms with van der Waals surface area (Å²) in [6.45, 7) is 6.05. The summed E-state index contributed by atoms with van der Waals surface area (Å²) in [7, 11) is 0. The van der Waals surface area contributed by atoms with Crippen LogP contribution in [0.4, 0.5) is 0 Å². The summed E-state index contributed by atoms with van der Waals surface area (Å²) < 4.78 is 5.56. The first-order valence-corrected chi connectivity index (χ1v) is 10.9. The Bertz CT molecular complexity index is 655. The highest BCUT2D eigenvalue weighted by atomic mass is 16.5. The standard InChI is InChI=1S/C23H34O4/c1-14(24)19-6-7-21-18-5-4-16-12-17(26)8-10-22(16,3)20(18)9-11-23(19,21)13-27-15(2)25/h16,18-21H,4-13H2,1-3H3/t16-,18+,19+,20-,21-,22-,23-/m0/s1. The number of carbonyl (C=O) groups is 3. The van der Waals surface area contributed by atoms with E-state index in [-0.39, 0.29) is 28.5 Å². The van der Waals surface area contributed by atoms with Crippen molar-refractivity contribution in [2.75, 3.05) is 6.61 Å². The lowest BCUT2D eigenvalue weighted by molar-refractivity contribution is -0.163. The lowest BCUT2D eigenvalue weighted by Gasteiger charge is -2.60. The highest BCUT2D eigenvalue weighted by Crippen LogP contribution is 2.67. The highest BCUT2D eigenvalue weighted by molar-refractivity contribution is 5.80. The molecule has 4 rings (SSSR count). The van der Waals surface area contributed by atoms with Crippen LogP contribution in [0, 0.1) is 40.4 Å². The molecule has 0 bridgehead atoms. The first kappa shape index (κ1) is 19.1. The Morgan fingerprint density at radius 2 is 1.81 bits per heavy atom. The summed E-state index contributed by atoms with van der Waals surface area (Å²) in [5, 5.41) is 0. The maximum absolute atomic E-state index is 12.5.